The molecule has 1 N–H and O–H groups in total. The summed E-state index contributed by atoms with van der Waals surface area (Å²) in [5.74, 6) is 0.431. The van der Waals surface area contributed by atoms with E-state index >= 15 is 0 Å². The second-order valence-electron chi connectivity index (χ2n) is 4.92. The molecule has 108 valence electrons. The molecule has 1 aromatic carbocycles. The van der Waals surface area contributed by atoms with Gasteiger partial charge in [-0.15, -0.1) is 0 Å². The molecular weight excluding hydrogens is 252 g/mol. The zero-order valence-electron chi connectivity index (χ0n) is 12.3. The van der Waals surface area contributed by atoms with E-state index < -0.39 is 0 Å². The van der Waals surface area contributed by atoms with Crippen LogP contribution in [0.15, 0.2) is 36.5 Å². The van der Waals surface area contributed by atoms with Crippen molar-refractivity contribution in [3.05, 3.63) is 42.2 Å². The van der Waals surface area contributed by atoms with E-state index in [0.717, 1.165) is 24.4 Å². The number of hydrogen-bond acceptors (Lipinski definition) is 4. The minimum Gasteiger partial charge on any atom is -0.385 e. The summed E-state index contributed by atoms with van der Waals surface area (Å²) in [6.07, 6.45) is 2.82. The first-order valence-corrected chi connectivity index (χ1v) is 6.90. The predicted molar refractivity (Wildman–Crippen MR) is 78.8 cm³/mol. The van der Waals surface area contributed by atoms with Gasteiger partial charge in [0.25, 0.3) is 0 Å². The number of ether oxygens (including phenoxy) is 1. The molecule has 0 fully saturated rings. The third-order valence-corrected chi connectivity index (χ3v) is 3.47. The quantitative estimate of drug-likeness (QED) is 0.841. The van der Waals surface area contributed by atoms with Crippen LogP contribution in [0.1, 0.15) is 25.1 Å². The van der Waals surface area contributed by atoms with E-state index in [1.165, 1.54) is 0 Å². The molecule has 2 aromatic rings. The van der Waals surface area contributed by atoms with Gasteiger partial charge in [-0.25, -0.2) is 0 Å². The fourth-order valence-electron chi connectivity index (χ4n) is 2.30. The number of benzene rings is 1. The van der Waals surface area contributed by atoms with Gasteiger partial charge >= 0.3 is 0 Å². The van der Waals surface area contributed by atoms with Crippen molar-refractivity contribution in [2.75, 3.05) is 20.8 Å². The summed E-state index contributed by atoms with van der Waals surface area (Å²) in [4.78, 5) is 1.67. The van der Waals surface area contributed by atoms with Gasteiger partial charge in [0.1, 0.15) is 5.69 Å². The van der Waals surface area contributed by atoms with Gasteiger partial charge in [-0.1, -0.05) is 25.1 Å². The van der Waals surface area contributed by atoms with Crippen molar-refractivity contribution in [3.8, 4) is 5.69 Å². The molecule has 2 unspecified atom stereocenters. The highest BCUT2D eigenvalue weighted by atomic mass is 16.5. The summed E-state index contributed by atoms with van der Waals surface area (Å²) < 4.78 is 5.15. The number of rotatable bonds is 7. The van der Waals surface area contributed by atoms with Crippen molar-refractivity contribution in [3.63, 3.8) is 0 Å². The van der Waals surface area contributed by atoms with Gasteiger partial charge in [0.05, 0.1) is 17.9 Å². The molecule has 1 aromatic heterocycles. The highest BCUT2D eigenvalue weighted by molar-refractivity contribution is 5.28. The van der Waals surface area contributed by atoms with Crippen LogP contribution in [0.25, 0.3) is 5.69 Å². The van der Waals surface area contributed by atoms with Crippen LogP contribution < -0.4 is 5.32 Å². The summed E-state index contributed by atoms with van der Waals surface area (Å²) in [6.45, 7) is 2.95. The van der Waals surface area contributed by atoms with E-state index in [1.807, 2.05) is 43.6 Å². The maximum absolute atomic E-state index is 5.15. The minimum atomic E-state index is 0.183. The number of nitrogens with zero attached hydrogens (tertiary/aromatic N) is 3. The Kier molecular flexibility index (Phi) is 5.26. The first kappa shape index (κ1) is 14.7. The molecule has 0 aliphatic rings. The lowest BCUT2D eigenvalue weighted by molar-refractivity contribution is 0.171. The Balaban J connectivity index is 2.14. The second-order valence-corrected chi connectivity index (χ2v) is 4.92. The molecule has 0 spiro atoms. The van der Waals surface area contributed by atoms with Crippen molar-refractivity contribution < 1.29 is 4.74 Å². The first-order valence-electron chi connectivity index (χ1n) is 6.90. The lowest BCUT2D eigenvalue weighted by atomic mass is 9.96. The molecule has 0 radical (unpaired) electrons. The topological polar surface area (TPSA) is 52.0 Å². The van der Waals surface area contributed by atoms with Crippen molar-refractivity contribution in [2.24, 2.45) is 5.92 Å². The molecule has 0 saturated carbocycles. The summed E-state index contributed by atoms with van der Waals surface area (Å²) in [6, 6.07) is 10.1. The van der Waals surface area contributed by atoms with E-state index in [9.17, 15) is 0 Å². The van der Waals surface area contributed by atoms with Crippen LogP contribution in [0.2, 0.25) is 0 Å². The Morgan fingerprint density at radius 1 is 1.30 bits per heavy atom. The molecule has 20 heavy (non-hydrogen) atoms. The lowest BCUT2D eigenvalue weighted by Crippen LogP contribution is -2.25. The van der Waals surface area contributed by atoms with Gasteiger partial charge in [-0.05, 0) is 31.5 Å². The average Bonchev–Trinajstić information content (AvgIpc) is 2.96. The van der Waals surface area contributed by atoms with E-state index in [2.05, 4.69) is 22.4 Å². The largest absolute Gasteiger partial charge is 0.385 e. The molecule has 2 atom stereocenters. The molecule has 5 heteroatoms. The normalized spacial score (nSPS) is 14.2. The summed E-state index contributed by atoms with van der Waals surface area (Å²) in [7, 11) is 3.68. The molecule has 0 amide bonds. The monoisotopic (exact) mass is 274 g/mol. The molecule has 0 bridgehead atoms. The second kappa shape index (κ2) is 7.17. The van der Waals surface area contributed by atoms with Crippen LogP contribution in [-0.2, 0) is 4.74 Å². The molecule has 0 aliphatic heterocycles. The highest BCUT2D eigenvalue weighted by Gasteiger charge is 2.20. The SMILES string of the molecule is CNC(c1cnn(-c2ccccc2)n1)C(C)CCOC. The zero-order valence-corrected chi connectivity index (χ0v) is 12.3. The van der Waals surface area contributed by atoms with Gasteiger partial charge in [0.2, 0.25) is 0 Å². The Hall–Kier alpha value is -1.72. The molecule has 5 nitrogen and oxygen atoms in total. The molecular formula is C15H22N4O. The number of aromatic nitrogens is 3. The fourth-order valence-corrected chi connectivity index (χ4v) is 2.30. The zero-order chi connectivity index (χ0) is 14.4. The smallest absolute Gasteiger partial charge is 0.100 e. The Bertz CT molecular complexity index is 512. The van der Waals surface area contributed by atoms with Crippen LogP contribution in [0.5, 0.6) is 0 Å². The third kappa shape index (κ3) is 3.43. The molecule has 0 aliphatic carbocycles. The van der Waals surface area contributed by atoms with Crippen LogP contribution in [0.3, 0.4) is 0 Å². The minimum absolute atomic E-state index is 0.183. The maximum atomic E-state index is 5.15. The Morgan fingerprint density at radius 2 is 2.05 bits per heavy atom. The standard InChI is InChI=1S/C15H22N4O/c1-12(9-10-20-3)15(16-2)14-11-17-19(18-14)13-7-5-4-6-8-13/h4-8,11-12,15-16H,9-10H2,1-3H3. The van der Waals surface area contributed by atoms with E-state index in [4.69, 9.17) is 4.74 Å². The number of hydrogen-bond donors (Lipinski definition) is 1. The fraction of sp³-hybridized carbons (Fsp3) is 0.467. The number of para-hydroxylation sites is 1. The Labute approximate surface area is 120 Å². The lowest BCUT2D eigenvalue weighted by Gasteiger charge is -2.21. The van der Waals surface area contributed by atoms with E-state index in [0.29, 0.717) is 5.92 Å². The maximum Gasteiger partial charge on any atom is 0.100 e. The van der Waals surface area contributed by atoms with E-state index in [1.54, 1.807) is 11.9 Å². The predicted octanol–water partition coefficient (Wildman–Crippen LogP) is 2.20. The van der Waals surface area contributed by atoms with Gasteiger partial charge in [0.15, 0.2) is 0 Å². The van der Waals surface area contributed by atoms with Crippen LogP contribution in [0, 0.1) is 5.92 Å². The summed E-state index contributed by atoms with van der Waals surface area (Å²) >= 11 is 0. The van der Waals surface area contributed by atoms with Crippen LogP contribution in [-0.4, -0.2) is 35.8 Å². The van der Waals surface area contributed by atoms with E-state index in [-0.39, 0.29) is 6.04 Å². The van der Waals surface area contributed by atoms with Gasteiger partial charge in [-0.3, -0.25) is 0 Å². The van der Waals surface area contributed by atoms with Crippen molar-refractivity contribution in [1.29, 1.82) is 0 Å². The summed E-state index contributed by atoms with van der Waals surface area (Å²) in [5, 5.41) is 12.3. The third-order valence-electron chi connectivity index (χ3n) is 3.47. The van der Waals surface area contributed by atoms with Gasteiger partial charge < -0.3 is 10.1 Å². The first-order chi connectivity index (χ1) is 9.76. The molecule has 0 saturated heterocycles. The molecule has 1 heterocycles. The molecule has 2 rings (SSSR count). The number of methoxy groups -OCH3 is 1. The van der Waals surface area contributed by atoms with Gasteiger partial charge in [-0.2, -0.15) is 15.0 Å². The Morgan fingerprint density at radius 3 is 2.70 bits per heavy atom. The average molecular weight is 274 g/mol. The summed E-state index contributed by atoms with van der Waals surface area (Å²) in [5.41, 5.74) is 1.93. The van der Waals surface area contributed by atoms with Gasteiger partial charge in [0, 0.05) is 13.7 Å². The van der Waals surface area contributed by atoms with Crippen molar-refractivity contribution >= 4 is 0 Å². The van der Waals surface area contributed by atoms with Crippen molar-refractivity contribution in [1.82, 2.24) is 20.3 Å². The van der Waals surface area contributed by atoms with Crippen LogP contribution >= 0.6 is 0 Å². The van der Waals surface area contributed by atoms with Crippen LogP contribution in [0.4, 0.5) is 0 Å². The highest BCUT2D eigenvalue weighted by Crippen LogP contribution is 2.22. The van der Waals surface area contributed by atoms with Crippen molar-refractivity contribution in [2.45, 2.75) is 19.4 Å². The number of nitrogens with one attached hydrogen (secondary N) is 1.